The van der Waals surface area contributed by atoms with Gasteiger partial charge in [0.2, 0.25) is 0 Å². The van der Waals surface area contributed by atoms with Crippen LogP contribution in [-0.4, -0.2) is 32.8 Å². The van der Waals surface area contributed by atoms with Gasteiger partial charge in [0.1, 0.15) is 0 Å². The summed E-state index contributed by atoms with van der Waals surface area (Å²) >= 11 is 0. The third-order valence-corrected chi connectivity index (χ3v) is 1.22. The molecule has 0 radical (unpaired) electrons. The van der Waals surface area contributed by atoms with E-state index in [4.69, 9.17) is 14.4 Å². The topological polar surface area (TPSA) is 30.9 Å². The molecule has 0 bridgehead atoms. The van der Waals surface area contributed by atoms with Crippen molar-refractivity contribution in [2.24, 2.45) is 0 Å². The summed E-state index contributed by atoms with van der Waals surface area (Å²) < 4.78 is 5.02. The predicted molar refractivity (Wildman–Crippen MR) is 36.9 cm³/mol. The smallest absolute Gasteiger partial charge is 0.159 e. The van der Waals surface area contributed by atoms with Gasteiger partial charge < -0.3 is 4.74 Å². The average Bonchev–Trinajstić information content (AvgIpc) is 2.00. The molecular formula is C6H15NO3. The summed E-state index contributed by atoms with van der Waals surface area (Å²) in [6.45, 7) is 1.99. The van der Waals surface area contributed by atoms with Crippen molar-refractivity contribution in [2.45, 2.75) is 19.6 Å². The van der Waals surface area contributed by atoms with E-state index in [2.05, 4.69) is 0 Å². The quantitative estimate of drug-likeness (QED) is 0.427. The molecule has 62 valence electrons. The Bertz CT molecular complexity index is 61.4. The molecule has 0 heterocycles. The number of methoxy groups -OCH3 is 1. The number of hydrogen-bond acceptors (Lipinski definition) is 4. The molecule has 4 nitrogen and oxygen atoms in total. The van der Waals surface area contributed by atoms with E-state index in [1.807, 2.05) is 6.92 Å². The van der Waals surface area contributed by atoms with Crippen molar-refractivity contribution in [3.63, 3.8) is 0 Å². The monoisotopic (exact) mass is 149 g/mol. The van der Waals surface area contributed by atoms with Crippen LogP contribution in [0.3, 0.4) is 0 Å². The summed E-state index contributed by atoms with van der Waals surface area (Å²) in [6, 6.07) is 0. The fourth-order valence-electron chi connectivity index (χ4n) is 0.711. The van der Waals surface area contributed by atoms with E-state index >= 15 is 0 Å². The minimum absolute atomic E-state index is 0.130. The molecule has 0 aromatic heterocycles. The van der Waals surface area contributed by atoms with Crippen molar-refractivity contribution in [1.29, 1.82) is 0 Å². The Hall–Kier alpha value is -0.160. The SMILES string of the molecule is CCC(OC)N(OC)OC. The maximum absolute atomic E-state index is 5.02. The first-order valence-electron chi connectivity index (χ1n) is 3.20. The zero-order chi connectivity index (χ0) is 7.98. The molecule has 1 unspecified atom stereocenters. The van der Waals surface area contributed by atoms with Crippen LogP contribution in [-0.2, 0) is 14.4 Å². The predicted octanol–water partition coefficient (Wildman–Crippen LogP) is 0.794. The highest BCUT2D eigenvalue weighted by atomic mass is 17.0. The number of nitrogens with zero attached hydrogens (tertiary/aromatic N) is 1. The normalized spacial score (nSPS) is 14.1. The lowest BCUT2D eigenvalue weighted by molar-refractivity contribution is -0.400. The Morgan fingerprint density at radius 3 is 1.80 bits per heavy atom. The second-order valence-corrected chi connectivity index (χ2v) is 1.75. The summed E-state index contributed by atoms with van der Waals surface area (Å²) in [5.74, 6) is 0. The van der Waals surface area contributed by atoms with Gasteiger partial charge in [-0.05, 0) is 11.6 Å². The van der Waals surface area contributed by atoms with Crippen LogP contribution >= 0.6 is 0 Å². The molecule has 10 heavy (non-hydrogen) atoms. The Morgan fingerprint density at radius 2 is 1.70 bits per heavy atom. The molecule has 0 fully saturated rings. The minimum atomic E-state index is -0.130. The summed E-state index contributed by atoms with van der Waals surface area (Å²) in [6.07, 6.45) is 0.688. The lowest BCUT2D eigenvalue weighted by Gasteiger charge is -2.23. The van der Waals surface area contributed by atoms with Gasteiger partial charge in [0, 0.05) is 7.11 Å². The fraction of sp³-hybridized carbons (Fsp3) is 1.00. The number of ether oxygens (including phenoxy) is 1. The largest absolute Gasteiger partial charge is 0.362 e. The van der Waals surface area contributed by atoms with Crippen LogP contribution in [0.15, 0.2) is 0 Å². The zero-order valence-corrected chi connectivity index (χ0v) is 6.96. The molecule has 0 aliphatic carbocycles. The highest BCUT2D eigenvalue weighted by Gasteiger charge is 2.14. The minimum Gasteiger partial charge on any atom is -0.362 e. The Kier molecular flexibility index (Phi) is 5.52. The first kappa shape index (κ1) is 9.84. The molecule has 0 saturated carbocycles. The fourth-order valence-corrected chi connectivity index (χ4v) is 0.711. The van der Waals surface area contributed by atoms with Gasteiger partial charge >= 0.3 is 0 Å². The highest BCUT2D eigenvalue weighted by Crippen LogP contribution is 2.03. The van der Waals surface area contributed by atoms with Gasteiger partial charge in [0.15, 0.2) is 6.23 Å². The van der Waals surface area contributed by atoms with Crippen molar-refractivity contribution >= 4 is 0 Å². The lowest BCUT2D eigenvalue weighted by Crippen LogP contribution is -2.34. The van der Waals surface area contributed by atoms with Crippen LogP contribution in [0.4, 0.5) is 0 Å². The molecule has 0 rings (SSSR count). The molecule has 0 saturated heterocycles. The molecular weight excluding hydrogens is 134 g/mol. The van der Waals surface area contributed by atoms with Crippen molar-refractivity contribution in [3.05, 3.63) is 0 Å². The van der Waals surface area contributed by atoms with Crippen molar-refractivity contribution in [1.82, 2.24) is 5.23 Å². The lowest BCUT2D eigenvalue weighted by atomic mass is 10.4. The van der Waals surface area contributed by atoms with Gasteiger partial charge in [-0.25, -0.2) is 0 Å². The van der Waals surface area contributed by atoms with Crippen molar-refractivity contribution in [3.8, 4) is 0 Å². The summed E-state index contributed by atoms with van der Waals surface area (Å²) in [5.41, 5.74) is 0. The number of rotatable bonds is 5. The summed E-state index contributed by atoms with van der Waals surface area (Å²) in [5, 5.41) is 1.31. The van der Waals surface area contributed by atoms with Crippen LogP contribution in [0.25, 0.3) is 0 Å². The molecule has 0 aromatic carbocycles. The molecule has 0 amide bonds. The molecule has 0 spiro atoms. The van der Waals surface area contributed by atoms with Gasteiger partial charge in [0.05, 0.1) is 14.2 Å². The first-order valence-corrected chi connectivity index (χ1v) is 3.20. The summed E-state index contributed by atoms with van der Waals surface area (Å²) in [4.78, 5) is 9.66. The highest BCUT2D eigenvalue weighted by molar-refractivity contribution is 4.39. The van der Waals surface area contributed by atoms with E-state index in [0.29, 0.717) is 0 Å². The maximum Gasteiger partial charge on any atom is 0.159 e. The van der Waals surface area contributed by atoms with Crippen LogP contribution in [0, 0.1) is 0 Å². The van der Waals surface area contributed by atoms with E-state index in [0.717, 1.165) is 6.42 Å². The van der Waals surface area contributed by atoms with Gasteiger partial charge in [0.25, 0.3) is 0 Å². The average molecular weight is 149 g/mol. The molecule has 0 aromatic rings. The van der Waals surface area contributed by atoms with E-state index in [-0.39, 0.29) is 6.23 Å². The van der Waals surface area contributed by atoms with Gasteiger partial charge in [-0.2, -0.15) is 0 Å². The van der Waals surface area contributed by atoms with Gasteiger partial charge in [-0.3, -0.25) is 9.68 Å². The third kappa shape index (κ3) is 2.62. The van der Waals surface area contributed by atoms with Crippen LogP contribution in [0.5, 0.6) is 0 Å². The Morgan fingerprint density at radius 1 is 1.20 bits per heavy atom. The van der Waals surface area contributed by atoms with E-state index in [9.17, 15) is 0 Å². The van der Waals surface area contributed by atoms with Crippen molar-refractivity contribution in [2.75, 3.05) is 21.3 Å². The Labute approximate surface area is 61.6 Å². The van der Waals surface area contributed by atoms with Crippen molar-refractivity contribution < 1.29 is 14.4 Å². The molecule has 0 N–H and O–H groups in total. The van der Waals surface area contributed by atoms with Crippen LogP contribution in [0.2, 0.25) is 0 Å². The summed E-state index contributed by atoms with van der Waals surface area (Å²) in [7, 11) is 4.68. The van der Waals surface area contributed by atoms with E-state index in [1.54, 1.807) is 7.11 Å². The van der Waals surface area contributed by atoms with Gasteiger partial charge in [-0.15, -0.1) is 0 Å². The second-order valence-electron chi connectivity index (χ2n) is 1.75. The van der Waals surface area contributed by atoms with Crippen LogP contribution < -0.4 is 0 Å². The molecule has 0 aliphatic heterocycles. The Balaban J connectivity index is 3.70. The molecule has 1 atom stereocenters. The molecule has 0 aliphatic rings. The molecule has 4 heteroatoms. The third-order valence-electron chi connectivity index (χ3n) is 1.22. The number of hydrogen-bond donors (Lipinski definition) is 0. The zero-order valence-electron chi connectivity index (χ0n) is 6.96. The van der Waals surface area contributed by atoms with Crippen LogP contribution in [0.1, 0.15) is 13.3 Å². The maximum atomic E-state index is 5.02. The second kappa shape index (κ2) is 5.61. The first-order chi connectivity index (χ1) is 4.79. The standard InChI is InChI=1S/C6H15NO3/c1-5-6(8-2)7(9-3)10-4/h6H,5H2,1-4H3. The van der Waals surface area contributed by atoms with E-state index < -0.39 is 0 Å². The number of hydroxylamine groups is 2. The van der Waals surface area contributed by atoms with E-state index in [1.165, 1.54) is 19.4 Å². The van der Waals surface area contributed by atoms with Gasteiger partial charge in [-0.1, -0.05) is 6.92 Å².